The van der Waals surface area contributed by atoms with Gasteiger partial charge in [0.05, 0.1) is 0 Å². The van der Waals surface area contributed by atoms with E-state index < -0.39 is 0 Å². The van der Waals surface area contributed by atoms with E-state index in [1.54, 1.807) is 0 Å². The minimum Gasteiger partial charge on any atom is -0.456 e. The Labute approximate surface area is 330 Å². The zero-order chi connectivity index (χ0) is 37.9. The SMILES string of the molecule is c1ccc(-c2ccccc2-c2cc3oc4cc5c(cc4c3c3c2oc2ccccc23)oc2cc(-c3ccccc3-c3ccccc3)c3oc4ccccc4c3c25)cc1. The molecule has 0 spiro atoms. The number of para-hydroxylation sites is 2. The second-order valence-corrected chi connectivity index (χ2v) is 15.1. The van der Waals surface area contributed by atoms with Crippen LogP contribution in [0, 0.1) is 0 Å². The second-order valence-electron chi connectivity index (χ2n) is 15.1. The van der Waals surface area contributed by atoms with E-state index >= 15 is 0 Å². The molecule has 0 aliphatic heterocycles. The van der Waals surface area contributed by atoms with Crippen molar-refractivity contribution in [3.05, 3.63) is 182 Å². The van der Waals surface area contributed by atoms with Gasteiger partial charge in [0.25, 0.3) is 0 Å². The molecule has 0 amide bonds. The van der Waals surface area contributed by atoms with Crippen LogP contribution in [-0.2, 0) is 0 Å². The first kappa shape index (κ1) is 31.4. The summed E-state index contributed by atoms with van der Waals surface area (Å²) in [5.74, 6) is 0. The van der Waals surface area contributed by atoms with Gasteiger partial charge in [0.2, 0.25) is 0 Å². The van der Waals surface area contributed by atoms with Gasteiger partial charge in [0.15, 0.2) is 0 Å². The summed E-state index contributed by atoms with van der Waals surface area (Å²) in [6.07, 6.45) is 0. The van der Waals surface area contributed by atoms with Crippen molar-refractivity contribution in [1.29, 1.82) is 0 Å². The van der Waals surface area contributed by atoms with Crippen LogP contribution >= 0.6 is 0 Å². The van der Waals surface area contributed by atoms with E-state index in [9.17, 15) is 0 Å². The number of hydrogen-bond acceptors (Lipinski definition) is 4. The van der Waals surface area contributed by atoms with Crippen molar-refractivity contribution in [3.63, 3.8) is 0 Å². The van der Waals surface area contributed by atoms with Gasteiger partial charge in [-0.25, -0.2) is 0 Å². The Morgan fingerprint density at radius 2 is 0.603 bits per heavy atom. The highest BCUT2D eigenvalue weighted by molar-refractivity contribution is 6.32. The zero-order valence-corrected chi connectivity index (χ0v) is 31.0. The summed E-state index contributed by atoms with van der Waals surface area (Å²) < 4.78 is 27.5. The Kier molecular flexibility index (Phi) is 6.41. The fourth-order valence-corrected chi connectivity index (χ4v) is 9.38. The molecule has 0 unspecified atom stereocenters. The summed E-state index contributed by atoms with van der Waals surface area (Å²) in [6, 6.07) is 63.2. The van der Waals surface area contributed by atoms with Crippen LogP contribution in [0.3, 0.4) is 0 Å². The average Bonchev–Trinajstić information content (AvgIpc) is 4.05. The minimum atomic E-state index is 0.782. The predicted molar refractivity (Wildman–Crippen MR) is 237 cm³/mol. The first-order valence-corrected chi connectivity index (χ1v) is 19.6. The highest BCUT2D eigenvalue weighted by Crippen LogP contribution is 2.50. The molecule has 0 aliphatic rings. The molecule has 13 rings (SSSR count). The van der Waals surface area contributed by atoms with Gasteiger partial charge < -0.3 is 17.7 Å². The third kappa shape index (κ3) is 4.40. The molecule has 0 saturated heterocycles. The molecule has 0 radical (unpaired) electrons. The van der Waals surface area contributed by atoms with Gasteiger partial charge >= 0.3 is 0 Å². The third-order valence-electron chi connectivity index (χ3n) is 11.9. The highest BCUT2D eigenvalue weighted by Gasteiger charge is 2.26. The molecule has 0 fully saturated rings. The molecule has 0 N–H and O–H groups in total. The van der Waals surface area contributed by atoms with E-state index in [0.717, 1.165) is 132 Å². The largest absolute Gasteiger partial charge is 0.456 e. The summed E-state index contributed by atoms with van der Waals surface area (Å²) in [5, 5.41) is 8.12. The smallest absolute Gasteiger partial charge is 0.144 e. The summed E-state index contributed by atoms with van der Waals surface area (Å²) in [7, 11) is 0. The molecule has 4 aromatic heterocycles. The van der Waals surface area contributed by atoms with Gasteiger partial charge in [0, 0.05) is 54.2 Å². The molecule has 270 valence electrons. The van der Waals surface area contributed by atoms with Crippen LogP contribution in [0.2, 0.25) is 0 Å². The molecule has 4 heteroatoms. The fourth-order valence-electron chi connectivity index (χ4n) is 9.38. The maximum atomic E-state index is 6.95. The summed E-state index contributed by atoms with van der Waals surface area (Å²) in [5.41, 5.74) is 15.2. The molecule has 0 aliphatic carbocycles. The van der Waals surface area contributed by atoms with Crippen LogP contribution < -0.4 is 0 Å². The average molecular weight is 743 g/mol. The molecule has 0 saturated carbocycles. The molecule has 0 bridgehead atoms. The lowest BCUT2D eigenvalue weighted by molar-refractivity contribution is 0.661. The van der Waals surface area contributed by atoms with Crippen molar-refractivity contribution in [2.45, 2.75) is 0 Å². The number of fused-ring (bicyclic) bond motifs is 14. The van der Waals surface area contributed by atoms with Crippen LogP contribution in [0.5, 0.6) is 0 Å². The Balaban J connectivity index is 1.12. The van der Waals surface area contributed by atoms with Crippen molar-refractivity contribution < 1.29 is 17.7 Å². The van der Waals surface area contributed by atoms with Gasteiger partial charge in [-0.15, -0.1) is 0 Å². The van der Waals surface area contributed by atoms with Crippen molar-refractivity contribution in [3.8, 4) is 44.5 Å². The van der Waals surface area contributed by atoms with Crippen molar-refractivity contribution >= 4 is 87.8 Å². The molecule has 4 nitrogen and oxygen atoms in total. The molecule has 0 atom stereocenters. The number of rotatable bonds is 4. The Morgan fingerprint density at radius 3 is 1.05 bits per heavy atom. The van der Waals surface area contributed by atoms with Crippen molar-refractivity contribution in [2.24, 2.45) is 0 Å². The van der Waals surface area contributed by atoms with Crippen LogP contribution in [-0.4, -0.2) is 0 Å². The number of furan rings is 4. The first-order chi connectivity index (χ1) is 28.8. The van der Waals surface area contributed by atoms with Crippen LogP contribution in [0.15, 0.2) is 200 Å². The summed E-state index contributed by atoms with van der Waals surface area (Å²) in [6.45, 7) is 0. The molecular weight excluding hydrogens is 713 g/mol. The van der Waals surface area contributed by atoms with Crippen molar-refractivity contribution in [1.82, 2.24) is 0 Å². The van der Waals surface area contributed by atoms with Gasteiger partial charge in [0.1, 0.15) is 44.7 Å². The molecule has 4 heterocycles. The Hall–Kier alpha value is -7.82. The predicted octanol–water partition coefficient (Wildman–Crippen LogP) is 16.0. The van der Waals surface area contributed by atoms with E-state index in [2.05, 4.69) is 146 Å². The summed E-state index contributed by atoms with van der Waals surface area (Å²) in [4.78, 5) is 0. The summed E-state index contributed by atoms with van der Waals surface area (Å²) >= 11 is 0. The van der Waals surface area contributed by atoms with Crippen LogP contribution in [0.25, 0.3) is 132 Å². The fraction of sp³-hybridized carbons (Fsp3) is 0. The standard InChI is InChI=1S/C54H30O4/c1-3-15-31(16-4-1)33-19-7-9-21-35(33)39-27-47-49(51-37-23-11-13-25-43(37)57-53(39)51)41-29-46-42(30-45(41)55-47)50-48(56-46)28-40(54-52(50)38-24-12-14-26-44(38)58-54)36-22-10-8-20-34(36)32-17-5-2-6-18-32/h1-30H. The topological polar surface area (TPSA) is 52.6 Å². The Bertz CT molecular complexity index is 3530. The van der Waals surface area contributed by atoms with Crippen LogP contribution in [0.1, 0.15) is 0 Å². The van der Waals surface area contributed by atoms with Gasteiger partial charge in [-0.1, -0.05) is 146 Å². The monoisotopic (exact) mass is 742 g/mol. The molecular formula is C54H30O4. The van der Waals surface area contributed by atoms with E-state index in [4.69, 9.17) is 17.7 Å². The lowest BCUT2D eigenvalue weighted by Gasteiger charge is -2.11. The van der Waals surface area contributed by atoms with Crippen LogP contribution in [0.4, 0.5) is 0 Å². The zero-order valence-electron chi connectivity index (χ0n) is 31.0. The first-order valence-electron chi connectivity index (χ1n) is 19.6. The lowest BCUT2D eigenvalue weighted by atomic mass is 9.92. The maximum absolute atomic E-state index is 6.95. The highest BCUT2D eigenvalue weighted by atomic mass is 16.3. The number of hydrogen-bond donors (Lipinski definition) is 0. The maximum Gasteiger partial charge on any atom is 0.144 e. The van der Waals surface area contributed by atoms with E-state index in [1.165, 1.54) is 0 Å². The van der Waals surface area contributed by atoms with E-state index in [0.29, 0.717) is 0 Å². The van der Waals surface area contributed by atoms with E-state index in [-0.39, 0.29) is 0 Å². The van der Waals surface area contributed by atoms with Crippen molar-refractivity contribution in [2.75, 3.05) is 0 Å². The quantitative estimate of drug-likeness (QED) is 0.180. The second kappa shape index (κ2) is 11.8. The minimum absolute atomic E-state index is 0.782. The lowest BCUT2D eigenvalue weighted by Crippen LogP contribution is -1.86. The van der Waals surface area contributed by atoms with Gasteiger partial charge in [-0.3, -0.25) is 0 Å². The van der Waals surface area contributed by atoms with Gasteiger partial charge in [-0.2, -0.15) is 0 Å². The molecule has 9 aromatic carbocycles. The van der Waals surface area contributed by atoms with Gasteiger partial charge in [-0.05, 0) is 69.8 Å². The molecule has 58 heavy (non-hydrogen) atoms. The normalized spacial score (nSPS) is 12.1. The third-order valence-corrected chi connectivity index (χ3v) is 11.9. The van der Waals surface area contributed by atoms with E-state index in [1.807, 2.05) is 36.4 Å². The molecule has 13 aromatic rings. The number of benzene rings is 9. The Morgan fingerprint density at radius 1 is 0.224 bits per heavy atom.